The highest BCUT2D eigenvalue weighted by atomic mass is 19.1. The lowest BCUT2D eigenvalue weighted by Gasteiger charge is -2.24. The van der Waals surface area contributed by atoms with Gasteiger partial charge in [0.1, 0.15) is 17.2 Å². The standard InChI is InChI=1S/C22H21FN2O2/c1-22(2)17(13-5-8-15(9-6-13)25(3)4)12-19(27-22)20-16-10-7-14(23)11-18(16)24-21(20)26/h5-12H,1-4H3,(H,24,26)/b20-19+. The number of hydrogen-bond acceptors (Lipinski definition) is 3. The van der Waals surface area contributed by atoms with Crippen molar-refractivity contribution in [2.45, 2.75) is 19.4 Å². The molecule has 0 saturated heterocycles. The molecule has 1 N–H and O–H groups in total. The summed E-state index contributed by atoms with van der Waals surface area (Å²) < 4.78 is 19.6. The van der Waals surface area contributed by atoms with Gasteiger partial charge < -0.3 is 15.0 Å². The van der Waals surface area contributed by atoms with E-state index < -0.39 is 5.60 Å². The molecule has 27 heavy (non-hydrogen) atoms. The van der Waals surface area contributed by atoms with Crippen molar-refractivity contribution in [1.82, 2.24) is 0 Å². The van der Waals surface area contributed by atoms with Crippen molar-refractivity contribution in [1.29, 1.82) is 0 Å². The van der Waals surface area contributed by atoms with Gasteiger partial charge in [-0.15, -0.1) is 0 Å². The Labute approximate surface area is 157 Å². The number of carbonyl (C=O) groups excluding carboxylic acids is 1. The third-order valence-corrected chi connectivity index (χ3v) is 4.96. The minimum Gasteiger partial charge on any atom is -0.482 e. The fourth-order valence-electron chi connectivity index (χ4n) is 3.55. The highest BCUT2D eigenvalue weighted by Crippen LogP contribution is 2.44. The Bertz CT molecular complexity index is 1000. The van der Waals surface area contributed by atoms with Gasteiger partial charge in [0, 0.05) is 30.9 Å². The van der Waals surface area contributed by atoms with Gasteiger partial charge in [-0.25, -0.2) is 4.39 Å². The summed E-state index contributed by atoms with van der Waals surface area (Å²) in [4.78, 5) is 14.5. The number of benzene rings is 2. The first-order chi connectivity index (χ1) is 12.8. The van der Waals surface area contributed by atoms with Crippen molar-refractivity contribution in [3.8, 4) is 0 Å². The van der Waals surface area contributed by atoms with Gasteiger partial charge in [0.15, 0.2) is 0 Å². The van der Waals surface area contributed by atoms with E-state index in [-0.39, 0.29) is 11.7 Å². The molecule has 4 nitrogen and oxygen atoms in total. The predicted octanol–water partition coefficient (Wildman–Crippen LogP) is 4.45. The summed E-state index contributed by atoms with van der Waals surface area (Å²) in [7, 11) is 4.00. The number of nitrogens with one attached hydrogen (secondary N) is 1. The minimum atomic E-state index is -0.578. The van der Waals surface area contributed by atoms with Crippen LogP contribution < -0.4 is 10.2 Å². The van der Waals surface area contributed by atoms with E-state index in [1.807, 2.05) is 38.9 Å². The zero-order valence-corrected chi connectivity index (χ0v) is 15.8. The zero-order chi connectivity index (χ0) is 19.3. The first kappa shape index (κ1) is 17.3. The first-order valence-corrected chi connectivity index (χ1v) is 8.81. The Morgan fingerprint density at radius 1 is 1.07 bits per heavy atom. The van der Waals surface area contributed by atoms with E-state index in [0.717, 1.165) is 16.8 Å². The van der Waals surface area contributed by atoms with Gasteiger partial charge in [0.25, 0.3) is 5.91 Å². The smallest absolute Gasteiger partial charge is 0.260 e. The molecule has 2 aliphatic heterocycles. The van der Waals surface area contributed by atoms with Crippen LogP contribution in [0.2, 0.25) is 0 Å². The lowest BCUT2D eigenvalue weighted by Crippen LogP contribution is -2.21. The second-order valence-electron chi connectivity index (χ2n) is 7.49. The summed E-state index contributed by atoms with van der Waals surface area (Å²) in [5.74, 6) is -0.151. The number of amides is 1. The van der Waals surface area contributed by atoms with Crippen LogP contribution in [0.25, 0.3) is 11.1 Å². The lowest BCUT2D eigenvalue weighted by molar-refractivity contribution is -0.111. The van der Waals surface area contributed by atoms with Gasteiger partial charge >= 0.3 is 0 Å². The fraction of sp³-hybridized carbons (Fsp3) is 0.227. The Kier molecular flexibility index (Phi) is 3.84. The van der Waals surface area contributed by atoms with Crippen molar-refractivity contribution >= 4 is 28.4 Å². The van der Waals surface area contributed by atoms with Crippen LogP contribution in [0.15, 0.2) is 54.3 Å². The van der Waals surface area contributed by atoms with Gasteiger partial charge in [-0.3, -0.25) is 4.79 Å². The SMILES string of the molecule is CN(C)c1ccc(C2=C/C(=C3\C(=O)Nc4cc(F)ccc43)OC2(C)C)cc1. The van der Waals surface area contributed by atoms with E-state index >= 15 is 0 Å². The number of carbonyl (C=O) groups is 1. The second-order valence-corrected chi connectivity index (χ2v) is 7.49. The fourth-order valence-corrected chi connectivity index (χ4v) is 3.55. The van der Waals surface area contributed by atoms with Gasteiger partial charge in [0.05, 0.1) is 11.3 Å². The van der Waals surface area contributed by atoms with Gasteiger partial charge in [-0.2, -0.15) is 0 Å². The van der Waals surface area contributed by atoms with Gasteiger partial charge in [-0.05, 0) is 55.8 Å². The van der Waals surface area contributed by atoms with Crippen LogP contribution in [0, 0.1) is 5.82 Å². The first-order valence-electron chi connectivity index (χ1n) is 8.81. The van der Waals surface area contributed by atoms with Crippen LogP contribution in [-0.2, 0) is 9.53 Å². The molecule has 0 aliphatic carbocycles. The Morgan fingerprint density at radius 3 is 2.44 bits per heavy atom. The Hall–Kier alpha value is -3.08. The van der Waals surface area contributed by atoms with Crippen LogP contribution in [0.5, 0.6) is 0 Å². The molecule has 0 fully saturated rings. The highest BCUT2D eigenvalue weighted by Gasteiger charge is 2.37. The summed E-state index contributed by atoms with van der Waals surface area (Å²) in [6.45, 7) is 3.95. The van der Waals surface area contributed by atoms with Gasteiger partial charge in [-0.1, -0.05) is 12.1 Å². The number of nitrogens with zero attached hydrogens (tertiary/aromatic N) is 1. The molecule has 0 saturated carbocycles. The topological polar surface area (TPSA) is 41.6 Å². The molecular formula is C22H21FN2O2. The van der Waals surface area contributed by atoms with Crippen molar-refractivity contribution < 1.29 is 13.9 Å². The van der Waals surface area contributed by atoms with E-state index in [9.17, 15) is 9.18 Å². The maximum atomic E-state index is 13.5. The molecule has 0 aromatic heterocycles. The van der Waals surface area contributed by atoms with Crippen molar-refractivity contribution in [2.24, 2.45) is 0 Å². The number of anilines is 2. The number of hydrogen-bond donors (Lipinski definition) is 1. The highest BCUT2D eigenvalue weighted by molar-refractivity contribution is 6.32. The van der Waals surface area contributed by atoms with Gasteiger partial charge in [0.2, 0.25) is 0 Å². The average molecular weight is 364 g/mol. The average Bonchev–Trinajstić information content (AvgIpc) is 3.09. The molecule has 0 radical (unpaired) electrons. The molecule has 2 heterocycles. The van der Waals surface area contributed by atoms with Crippen molar-refractivity contribution in [2.75, 3.05) is 24.3 Å². The van der Waals surface area contributed by atoms with E-state index in [1.165, 1.54) is 12.1 Å². The third kappa shape index (κ3) is 2.89. The second kappa shape index (κ2) is 5.98. The van der Waals surface area contributed by atoms with Crippen LogP contribution >= 0.6 is 0 Å². The Balaban J connectivity index is 1.80. The number of halogens is 1. The molecule has 4 rings (SSSR count). The summed E-state index contributed by atoms with van der Waals surface area (Å²) in [5.41, 5.74) is 4.15. The maximum absolute atomic E-state index is 13.5. The summed E-state index contributed by atoms with van der Waals surface area (Å²) in [6.07, 6.45) is 1.91. The minimum absolute atomic E-state index is 0.276. The molecule has 0 unspecified atom stereocenters. The predicted molar refractivity (Wildman–Crippen MR) is 106 cm³/mol. The largest absolute Gasteiger partial charge is 0.482 e. The molecule has 5 heteroatoms. The number of ether oxygens (including phenoxy) is 1. The number of fused-ring (bicyclic) bond motifs is 1. The third-order valence-electron chi connectivity index (χ3n) is 4.96. The molecule has 0 bridgehead atoms. The number of rotatable bonds is 2. The zero-order valence-electron chi connectivity index (χ0n) is 15.8. The number of allylic oxidation sites excluding steroid dienone is 1. The van der Waals surface area contributed by atoms with Crippen molar-refractivity contribution in [3.05, 3.63) is 71.2 Å². The summed E-state index contributed by atoms with van der Waals surface area (Å²) >= 11 is 0. The lowest BCUT2D eigenvalue weighted by atomic mass is 9.92. The quantitative estimate of drug-likeness (QED) is 0.801. The molecule has 2 aliphatic rings. The molecular weight excluding hydrogens is 343 g/mol. The van der Waals surface area contributed by atoms with Crippen LogP contribution in [0.1, 0.15) is 25.0 Å². The van der Waals surface area contributed by atoms with Crippen LogP contribution in [0.4, 0.5) is 15.8 Å². The molecule has 1 amide bonds. The summed E-state index contributed by atoms with van der Waals surface area (Å²) in [6, 6.07) is 12.5. The van der Waals surface area contributed by atoms with E-state index in [4.69, 9.17) is 4.74 Å². The molecule has 138 valence electrons. The monoisotopic (exact) mass is 364 g/mol. The van der Waals surface area contributed by atoms with Crippen LogP contribution in [0.3, 0.4) is 0 Å². The van der Waals surface area contributed by atoms with Crippen molar-refractivity contribution in [3.63, 3.8) is 0 Å². The molecule has 0 spiro atoms. The molecule has 0 atom stereocenters. The normalized spacial score (nSPS) is 20.0. The maximum Gasteiger partial charge on any atom is 0.260 e. The van der Waals surface area contributed by atoms with E-state index in [2.05, 4.69) is 29.6 Å². The Morgan fingerprint density at radius 2 is 1.78 bits per heavy atom. The van der Waals surface area contributed by atoms with E-state index in [0.29, 0.717) is 22.6 Å². The summed E-state index contributed by atoms with van der Waals surface area (Å²) in [5, 5.41) is 2.72. The van der Waals surface area contributed by atoms with Crippen LogP contribution in [-0.4, -0.2) is 25.6 Å². The van der Waals surface area contributed by atoms with E-state index in [1.54, 1.807) is 6.07 Å². The molecule has 2 aromatic carbocycles. The molecule has 2 aromatic rings.